The molecule has 0 aliphatic rings. The van der Waals surface area contributed by atoms with Gasteiger partial charge >= 0.3 is 6.18 Å². The summed E-state index contributed by atoms with van der Waals surface area (Å²) in [5.74, 6) is 4.80. The van der Waals surface area contributed by atoms with Gasteiger partial charge in [-0.15, -0.1) is 0 Å². The van der Waals surface area contributed by atoms with E-state index in [-0.39, 0.29) is 5.56 Å². The molecule has 1 heterocycles. The molecule has 0 unspecified atom stereocenters. The van der Waals surface area contributed by atoms with Gasteiger partial charge in [-0.3, -0.25) is 4.79 Å². The summed E-state index contributed by atoms with van der Waals surface area (Å²) in [6, 6.07) is 6.66. The molecule has 20 heavy (non-hydrogen) atoms. The minimum Gasteiger partial charge on any atom is -0.343 e. The fourth-order valence-electron chi connectivity index (χ4n) is 1.76. The maximum absolute atomic E-state index is 12.1. The van der Waals surface area contributed by atoms with E-state index >= 15 is 0 Å². The predicted octanol–water partition coefficient (Wildman–Crippen LogP) is 1.81. The second-order valence-electron chi connectivity index (χ2n) is 4.01. The quantitative estimate of drug-likeness (QED) is 0.593. The van der Waals surface area contributed by atoms with Crippen LogP contribution in [-0.2, 0) is 0 Å². The standard InChI is InChI=1S/C12H11F3N4O/c13-12(14,15)6-18-11(20)9-5-17-10(19-16)8-4-2-1-3-7(8)9/h1-5H,6,16H2,(H,17,19)(H,18,20). The number of nitrogens with one attached hydrogen (secondary N) is 2. The zero-order chi connectivity index (χ0) is 14.8. The predicted molar refractivity (Wildman–Crippen MR) is 67.9 cm³/mol. The number of alkyl halides is 3. The Balaban J connectivity index is 2.38. The SMILES string of the molecule is NNc1ncc(C(=O)NCC(F)(F)F)c2ccccc12. The van der Waals surface area contributed by atoms with Gasteiger partial charge in [0.15, 0.2) is 0 Å². The van der Waals surface area contributed by atoms with E-state index in [1.807, 2.05) is 5.32 Å². The molecule has 4 N–H and O–H groups in total. The van der Waals surface area contributed by atoms with Crippen molar-refractivity contribution in [2.75, 3.05) is 12.0 Å². The van der Waals surface area contributed by atoms with E-state index in [0.29, 0.717) is 16.6 Å². The highest BCUT2D eigenvalue weighted by atomic mass is 19.4. The molecule has 0 spiro atoms. The summed E-state index contributed by atoms with van der Waals surface area (Å²) in [7, 11) is 0. The molecule has 0 radical (unpaired) electrons. The van der Waals surface area contributed by atoms with Gasteiger partial charge in [-0.2, -0.15) is 13.2 Å². The van der Waals surface area contributed by atoms with Gasteiger partial charge in [-0.1, -0.05) is 24.3 Å². The smallest absolute Gasteiger partial charge is 0.343 e. The molecule has 2 rings (SSSR count). The van der Waals surface area contributed by atoms with E-state index in [4.69, 9.17) is 5.84 Å². The molecule has 1 aromatic carbocycles. The lowest BCUT2D eigenvalue weighted by molar-refractivity contribution is -0.123. The molecule has 106 valence electrons. The first-order chi connectivity index (χ1) is 9.42. The summed E-state index contributed by atoms with van der Waals surface area (Å²) in [6.07, 6.45) is -3.28. The van der Waals surface area contributed by atoms with E-state index in [0.717, 1.165) is 0 Å². The van der Waals surface area contributed by atoms with E-state index in [1.165, 1.54) is 6.20 Å². The third-order valence-corrected chi connectivity index (χ3v) is 2.63. The summed E-state index contributed by atoms with van der Waals surface area (Å²) in [5, 5.41) is 2.83. The number of nitrogens with zero attached hydrogens (tertiary/aromatic N) is 1. The van der Waals surface area contributed by atoms with Crippen LogP contribution in [0.4, 0.5) is 19.0 Å². The van der Waals surface area contributed by atoms with Gasteiger partial charge in [0.05, 0.1) is 5.56 Å². The number of rotatable bonds is 3. The number of amides is 1. The number of nitrogen functional groups attached to an aromatic ring is 1. The number of hydrogen-bond donors (Lipinski definition) is 3. The van der Waals surface area contributed by atoms with Crippen LogP contribution in [0.3, 0.4) is 0 Å². The van der Waals surface area contributed by atoms with Crippen LogP contribution in [0.2, 0.25) is 0 Å². The molecule has 0 bridgehead atoms. The van der Waals surface area contributed by atoms with Crippen LogP contribution >= 0.6 is 0 Å². The van der Waals surface area contributed by atoms with Crippen molar-refractivity contribution in [1.82, 2.24) is 10.3 Å². The summed E-state index contributed by atoms with van der Waals surface area (Å²) in [4.78, 5) is 15.7. The van der Waals surface area contributed by atoms with Crippen molar-refractivity contribution >= 4 is 22.5 Å². The minimum atomic E-state index is -4.46. The Labute approximate surface area is 111 Å². The maximum Gasteiger partial charge on any atom is 0.405 e. The van der Waals surface area contributed by atoms with Gasteiger partial charge in [0.2, 0.25) is 0 Å². The number of carbonyl (C=O) groups is 1. The van der Waals surface area contributed by atoms with Crippen LogP contribution in [0.15, 0.2) is 30.5 Å². The summed E-state index contributed by atoms with van der Waals surface area (Å²) >= 11 is 0. The van der Waals surface area contributed by atoms with Crippen molar-refractivity contribution in [3.63, 3.8) is 0 Å². The van der Waals surface area contributed by atoms with Crippen LogP contribution in [-0.4, -0.2) is 23.6 Å². The van der Waals surface area contributed by atoms with Gasteiger partial charge in [0.25, 0.3) is 5.91 Å². The van der Waals surface area contributed by atoms with Crippen LogP contribution in [0.25, 0.3) is 10.8 Å². The van der Waals surface area contributed by atoms with Gasteiger partial charge in [0.1, 0.15) is 12.4 Å². The molecule has 0 aliphatic heterocycles. The molecule has 2 aromatic rings. The van der Waals surface area contributed by atoms with E-state index < -0.39 is 18.6 Å². The van der Waals surface area contributed by atoms with Crippen molar-refractivity contribution in [1.29, 1.82) is 0 Å². The molecule has 0 saturated carbocycles. The second-order valence-corrected chi connectivity index (χ2v) is 4.01. The van der Waals surface area contributed by atoms with Crippen LogP contribution < -0.4 is 16.6 Å². The Kier molecular flexibility index (Phi) is 3.75. The number of fused-ring (bicyclic) bond motifs is 1. The third-order valence-electron chi connectivity index (χ3n) is 2.63. The van der Waals surface area contributed by atoms with Gasteiger partial charge in [-0.25, -0.2) is 10.8 Å². The van der Waals surface area contributed by atoms with Crippen LogP contribution in [0.1, 0.15) is 10.4 Å². The molecule has 8 heteroatoms. The van der Waals surface area contributed by atoms with Gasteiger partial charge in [0, 0.05) is 11.6 Å². The fraction of sp³-hybridized carbons (Fsp3) is 0.167. The number of aromatic nitrogens is 1. The first kappa shape index (κ1) is 14.1. The van der Waals surface area contributed by atoms with Gasteiger partial charge in [-0.05, 0) is 5.39 Å². The van der Waals surface area contributed by atoms with Crippen molar-refractivity contribution in [2.45, 2.75) is 6.18 Å². The largest absolute Gasteiger partial charge is 0.405 e. The lowest BCUT2D eigenvalue weighted by Crippen LogP contribution is -2.33. The van der Waals surface area contributed by atoms with Crippen molar-refractivity contribution in [2.24, 2.45) is 5.84 Å². The monoisotopic (exact) mass is 284 g/mol. The molecular formula is C12H11F3N4O. The average molecular weight is 284 g/mol. The number of hydrogen-bond acceptors (Lipinski definition) is 4. The number of nitrogens with two attached hydrogens (primary N) is 1. The molecule has 0 fully saturated rings. The second kappa shape index (κ2) is 5.33. The normalized spacial score (nSPS) is 11.4. The molecule has 1 aromatic heterocycles. The highest BCUT2D eigenvalue weighted by Crippen LogP contribution is 2.24. The maximum atomic E-state index is 12.1. The summed E-state index contributed by atoms with van der Waals surface area (Å²) in [5.41, 5.74) is 2.43. The number of anilines is 1. The molecule has 1 amide bonds. The van der Waals surface area contributed by atoms with Crippen molar-refractivity contribution in [3.05, 3.63) is 36.0 Å². The van der Waals surface area contributed by atoms with E-state index in [1.54, 1.807) is 24.3 Å². The van der Waals surface area contributed by atoms with E-state index in [9.17, 15) is 18.0 Å². The third kappa shape index (κ3) is 2.97. The minimum absolute atomic E-state index is 0.0591. The first-order valence-electron chi connectivity index (χ1n) is 5.61. The van der Waals surface area contributed by atoms with E-state index in [2.05, 4.69) is 10.4 Å². The lowest BCUT2D eigenvalue weighted by atomic mass is 10.1. The average Bonchev–Trinajstić information content (AvgIpc) is 2.42. The number of pyridine rings is 1. The molecule has 0 aliphatic carbocycles. The number of carbonyl (C=O) groups excluding carboxylic acids is 1. The Morgan fingerprint density at radius 2 is 1.90 bits per heavy atom. The number of halogens is 3. The molecule has 0 saturated heterocycles. The lowest BCUT2D eigenvalue weighted by Gasteiger charge is -2.11. The molecule has 0 atom stereocenters. The Hall–Kier alpha value is -2.35. The Bertz CT molecular complexity index is 642. The summed E-state index contributed by atoms with van der Waals surface area (Å²) in [6.45, 7) is -1.39. The topological polar surface area (TPSA) is 80.0 Å². The Morgan fingerprint density at radius 1 is 1.25 bits per heavy atom. The van der Waals surface area contributed by atoms with Crippen molar-refractivity contribution < 1.29 is 18.0 Å². The Morgan fingerprint density at radius 3 is 2.50 bits per heavy atom. The highest BCUT2D eigenvalue weighted by Gasteiger charge is 2.28. The zero-order valence-electron chi connectivity index (χ0n) is 10.2. The fourth-order valence-corrected chi connectivity index (χ4v) is 1.76. The van der Waals surface area contributed by atoms with Crippen molar-refractivity contribution in [3.8, 4) is 0 Å². The summed E-state index contributed by atoms with van der Waals surface area (Å²) < 4.78 is 36.3. The molecule has 5 nitrogen and oxygen atoms in total. The first-order valence-corrected chi connectivity index (χ1v) is 5.61. The molecular weight excluding hydrogens is 273 g/mol. The number of benzene rings is 1. The number of hydrazine groups is 1. The van der Waals surface area contributed by atoms with Gasteiger partial charge < -0.3 is 10.7 Å². The van der Waals surface area contributed by atoms with Crippen LogP contribution in [0, 0.1) is 0 Å². The highest BCUT2D eigenvalue weighted by molar-refractivity contribution is 6.09. The van der Waals surface area contributed by atoms with Crippen LogP contribution in [0.5, 0.6) is 0 Å². The zero-order valence-corrected chi connectivity index (χ0v) is 10.2.